The monoisotopic (exact) mass is 438 g/mol. The standard InChI is InChI=1S/C25H39ClO4/c1-2-3-4-5-8-11-14-20-29-24(27)18-12-9-6-7-10-13-19-25(28)30-23-17-15-16-22(26)21-23/h15-17,21H,2-14,18-20H2,1H3. The Morgan fingerprint density at radius 1 is 0.767 bits per heavy atom. The van der Waals surface area contributed by atoms with Crippen LogP contribution in [0.5, 0.6) is 5.75 Å². The predicted molar refractivity (Wildman–Crippen MR) is 123 cm³/mol. The molecule has 5 heteroatoms. The average molecular weight is 439 g/mol. The molecule has 0 saturated carbocycles. The molecule has 0 aromatic heterocycles. The van der Waals surface area contributed by atoms with E-state index in [1.165, 1.54) is 32.1 Å². The molecule has 170 valence electrons. The number of halogens is 1. The molecular formula is C25H39ClO4. The van der Waals surface area contributed by atoms with Crippen molar-refractivity contribution in [2.45, 2.75) is 103 Å². The molecule has 0 aliphatic rings. The van der Waals surface area contributed by atoms with Crippen molar-refractivity contribution in [3.8, 4) is 5.75 Å². The van der Waals surface area contributed by atoms with Crippen molar-refractivity contribution < 1.29 is 19.1 Å². The van der Waals surface area contributed by atoms with Gasteiger partial charge in [-0.2, -0.15) is 0 Å². The molecule has 0 unspecified atom stereocenters. The molecule has 0 fully saturated rings. The highest BCUT2D eigenvalue weighted by atomic mass is 35.5. The molecule has 0 radical (unpaired) electrons. The summed E-state index contributed by atoms with van der Waals surface area (Å²) >= 11 is 5.87. The minimum Gasteiger partial charge on any atom is -0.466 e. The summed E-state index contributed by atoms with van der Waals surface area (Å²) < 4.78 is 10.6. The van der Waals surface area contributed by atoms with Gasteiger partial charge in [-0.3, -0.25) is 9.59 Å². The van der Waals surface area contributed by atoms with Gasteiger partial charge in [0.15, 0.2) is 0 Å². The molecule has 0 amide bonds. The lowest BCUT2D eigenvalue weighted by atomic mass is 10.1. The molecule has 0 heterocycles. The molecule has 0 saturated heterocycles. The second kappa shape index (κ2) is 18.2. The molecule has 0 aliphatic carbocycles. The molecule has 0 bridgehead atoms. The van der Waals surface area contributed by atoms with E-state index >= 15 is 0 Å². The minimum absolute atomic E-state index is 0.0651. The number of carbonyl (C=O) groups is 2. The second-order valence-corrected chi connectivity index (χ2v) is 8.33. The lowest BCUT2D eigenvalue weighted by molar-refractivity contribution is -0.144. The van der Waals surface area contributed by atoms with E-state index in [4.69, 9.17) is 21.1 Å². The molecule has 0 spiro atoms. The Hall–Kier alpha value is -1.55. The van der Waals surface area contributed by atoms with Gasteiger partial charge in [-0.05, 0) is 37.5 Å². The highest BCUT2D eigenvalue weighted by Gasteiger charge is 2.06. The third-order valence-electron chi connectivity index (χ3n) is 5.05. The lowest BCUT2D eigenvalue weighted by Gasteiger charge is -2.06. The Kier molecular flexibility index (Phi) is 16.1. The van der Waals surface area contributed by atoms with Crippen LogP contribution >= 0.6 is 11.6 Å². The third kappa shape index (κ3) is 15.3. The van der Waals surface area contributed by atoms with Crippen LogP contribution in [0, 0.1) is 0 Å². The zero-order valence-corrected chi connectivity index (χ0v) is 19.4. The van der Waals surface area contributed by atoms with Crippen LogP contribution < -0.4 is 4.74 Å². The van der Waals surface area contributed by atoms with Gasteiger partial charge in [0.05, 0.1) is 6.61 Å². The summed E-state index contributed by atoms with van der Waals surface area (Å²) in [5, 5.41) is 0.557. The van der Waals surface area contributed by atoms with Crippen LogP contribution in [0.4, 0.5) is 0 Å². The zero-order chi connectivity index (χ0) is 21.9. The fourth-order valence-corrected chi connectivity index (χ4v) is 3.46. The summed E-state index contributed by atoms with van der Waals surface area (Å²) in [6, 6.07) is 6.87. The smallest absolute Gasteiger partial charge is 0.311 e. The fourth-order valence-electron chi connectivity index (χ4n) is 3.28. The van der Waals surface area contributed by atoms with Crippen LogP contribution in [0.2, 0.25) is 5.02 Å². The Labute approximate surface area is 187 Å². The van der Waals surface area contributed by atoms with Gasteiger partial charge in [0.1, 0.15) is 5.75 Å². The van der Waals surface area contributed by atoms with Crippen molar-refractivity contribution in [2.75, 3.05) is 6.61 Å². The molecule has 0 N–H and O–H groups in total. The molecule has 0 atom stereocenters. The van der Waals surface area contributed by atoms with Crippen molar-refractivity contribution in [1.82, 2.24) is 0 Å². The highest BCUT2D eigenvalue weighted by Crippen LogP contribution is 2.18. The Morgan fingerprint density at radius 3 is 1.97 bits per heavy atom. The molecular weight excluding hydrogens is 400 g/mol. The Balaban J connectivity index is 1.86. The third-order valence-corrected chi connectivity index (χ3v) is 5.29. The number of ether oxygens (including phenoxy) is 2. The molecule has 0 aliphatic heterocycles. The predicted octanol–water partition coefficient (Wildman–Crippen LogP) is 7.66. The summed E-state index contributed by atoms with van der Waals surface area (Å²) in [5.41, 5.74) is 0. The van der Waals surface area contributed by atoms with E-state index in [0.717, 1.165) is 51.4 Å². The number of esters is 2. The van der Waals surface area contributed by atoms with E-state index in [0.29, 0.717) is 30.2 Å². The van der Waals surface area contributed by atoms with Crippen molar-refractivity contribution >= 4 is 23.5 Å². The van der Waals surface area contributed by atoms with Gasteiger partial charge >= 0.3 is 11.9 Å². The van der Waals surface area contributed by atoms with Gasteiger partial charge in [-0.1, -0.05) is 88.8 Å². The fraction of sp³-hybridized carbons (Fsp3) is 0.680. The minimum atomic E-state index is -0.221. The first-order chi connectivity index (χ1) is 14.6. The number of hydrogen-bond acceptors (Lipinski definition) is 4. The summed E-state index contributed by atoms with van der Waals surface area (Å²) in [5.74, 6) is 0.206. The van der Waals surface area contributed by atoms with Gasteiger partial charge < -0.3 is 9.47 Å². The van der Waals surface area contributed by atoms with Crippen LogP contribution in [0.1, 0.15) is 103 Å². The van der Waals surface area contributed by atoms with E-state index in [1.54, 1.807) is 24.3 Å². The maximum absolute atomic E-state index is 11.8. The maximum Gasteiger partial charge on any atom is 0.311 e. The van der Waals surface area contributed by atoms with E-state index in [1.807, 2.05) is 0 Å². The molecule has 4 nitrogen and oxygen atoms in total. The maximum atomic E-state index is 11.8. The molecule has 1 aromatic rings. The van der Waals surface area contributed by atoms with Crippen LogP contribution in [0.25, 0.3) is 0 Å². The van der Waals surface area contributed by atoms with E-state index in [9.17, 15) is 9.59 Å². The first-order valence-corrected chi connectivity index (χ1v) is 12.1. The van der Waals surface area contributed by atoms with Crippen molar-refractivity contribution in [2.24, 2.45) is 0 Å². The number of unbranched alkanes of at least 4 members (excludes halogenated alkanes) is 11. The number of benzene rings is 1. The average Bonchev–Trinajstić information content (AvgIpc) is 2.72. The summed E-state index contributed by atoms with van der Waals surface area (Å²) in [4.78, 5) is 23.5. The first kappa shape index (κ1) is 26.5. The topological polar surface area (TPSA) is 52.6 Å². The van der Waals surface area contributed by atoms with Crippen LogP contribution in [-0.4, -0.2) is 18.5 Å². The first-order valence-electron chi connectivity index (χ1n) is 11.7. The zero-order valence-electron chi connectivity index (χ0n) is 18.6. The van der Waals surface area contributed by atoms with Gasteiger partial charge in [-0.15, -0.1) is 0 Å². The largest absolute Gasteiger partial charge is 0.466 e. The quantitative estimate of drug-likeness (QED) is 0.134. The number of rotatable bonds is 18. The van der Waals surface area contributed by atoms with Gasteiger partial charge in [0, 0.05) is 17.9 Å². The Bertz CT molecular complexity index is 588. The van der Waals surface area contributed by atoms with E-state index in [2.05, 4.69) is 6.92 Å². The van der Waals surface area contributed by atoms with Crippen molar-refractivity contribution in [3.63, 3.8) is 0 Å². The van der Waals surface area contributed by atoms with Gasteiger partial charge in [0.25, 0.3) is 0 Å². The van der Waals surface area contributed by atoms with E-state index in [-0.39, 0.29) is 11.9 Å². The SMILES string of the molecule is CCCCCCCCCOC(=O)CCCCCCCCC(=O)Oc1cccc(Cl)c1. The summed E-state index contributed by atoms with van der Waals surface area (Å²) in [7, 11) is 0. The highest BCUT2D eigenvalue weighted by molar-refractivity contribution is 6.30. The van der Waals surface area contributed by atoms with Crippen LogP contribution in [0.3, 0.4) is 0 Å². The van der Waals surface area contributed by atoms with Crippen molar-refractivity contribution in [1.29, 1.82) is 0 Å². The van der Waals surface area contributed by atoms with Gasteiger partial charge in [0.2, 0.25) is 0 Å². The normalized spacial score (nSPS) is 10.7. The molecule has 30 heavy (non-hydrogen) atoms. The Morgan fingerprint density at radius 2 is 1.33 bits per heavy atom. The molecule has 1 aromatic carbocycles. The second-order valence-electron chi connectivity index (χ2n) is 7.89. The molecule has 1 rings (SSSR count). The summed E-state index contributed by atoms with van der Waals surface area (Å²) in [6.07, 6.45) is 15.4. The number of carbonyl (C=O) groups excluding carboxylic acids is 2. The van der Waals surface area contributed by atoms with E-state index < -0.39 is 0 Å². The number of hydrogen-bond donors (Lipinski definition) is 0. The summed E-state index contributed by atoms with van der Waals surface area (Å²) in [6.45, 7) is 2.79. The van der Waals surface area contributed by atoms with Crippen molar-refractivity contribution in [3.05, 3.63) is 29.3 Å². The van der Waals surface area contributed by atoms with Gasteiger partial charge in [-0.25, -0.2) is 0 Å². The van der Waals surface area contributed by atoms with Crippen LogP contribution in [-0.2, 0) is 14.3 Å². The van der Waals surface area contributed by atoms with Crippen LogP contribution in [0.15, 0.2) is 24.3 Å². The lowest BCUT2D eigenvalue weighted by Crippen LogP contribution is -2.07.